The van der Waals surface area contributed by atoms with Crippen LogP contribution in [0.5, 0.6) is 0 Å². The van der Waals surface area contributed by atoms with E-state index in [0.717, 1.165) is 15.8 Å². The molecule has 0 atom stereocenters. The highest BCUT2D eigenvalue weighted by Gasteiger charge is 2.14. The number of imidazole rings is 1. The van der Waals surface area contributed by atoms with Gasteiger partial charge in [0.1, 0.15) is 0 Å². The molecule has 0 aliphatic carbocycles. The van der Waals surface area contributed by atoms with Crippen molar-refractivity contribution in [2.24, 2.45) is 14.1 Å². The zero-order valence-corrected chi connectivity index (χ0v) is 15.6. The van der Waals surface area contributed by atoms with E-state index in [1.807, 2.05) is 13.0 Å². The summed E-state index contributed by atoms with van der Waals surface area (Å²) in [6.45, 7) is 2.90. The van der Waals surface area contributed by atoms with Crippen molar-refractivity contribution in [2.45, 2.75) is 13.5 Å². The second-order valence-corrected chi connectivity index (χ2v) is 6.26. The molecular weight excluding hydrogens is 350 g/mol. The van der Waals surface area contributed by atoms with Gasteiger partial charge < -0.3 is 14.6 Å². The number of esters is 1. The summed E-state index contributed by atoms with van der Waals surface area (Å²) >= 11 is 0. The Labute approximate surface area is 154 Å². The van der Waals surface area contributed by atoms with Crippen molar-refractivity contribution in [3.63, 3.8) is 0 Å². The van der Waals surface area contributed by atoms with Gasteiger partial charge in [-0.3, -0.25) is 13.9 Å². The summed E-state index contributed by atoms with van der Waals surface area (Å²) in [5.74, 6) is -0.400. The first kappa shape index (κ1) is 18.4. The number of carbonyl (C=O) groups excluding carboxylic acids is 1. The number of ether oxygens (including phenoxy) is 1. The second kappa shape index (κ2) is 7.10. The molecular formula is C18H21N5O4. The third-order valence-electron chi connectivity index (χ3n) is 4.54. The zero-order valence-electron chi connectivity index (χ0n) is 15.6. The maximum atomic E-state index is 12.4. The number of benzene rings is 1. The minimum absolute atomic E-state index is 0.354. The Bertz CT molecular complexity index is 1140. The van der Waals surface area contributed by atoms with Crippen molar-refractivity contribution in [3.05, 3.63) is 56.5 Å². The van der Waals surface area contributed by atoms with Crippen LogP contribution in [0.2, 0.25) is 0 Å². The number of carbonyl (C=O) groups is 1. The molecule has 3 rings (SSSR count). The summed E-state index contributed by atoms with van der Waals surface area (Å²) in [4.78, 5) is 40.3. The first-order valence-electron chi connectivity index (χ1n) is 8.39. The molecule has 0 bridgehead atoms. The van der Waals surface area contributed by atoms with E-state index in [0.29, 0.717) is 29.8 Å². The average Bonchev–Trinajstić information content (AvgIpc) is 3.09. The lowest BCUT2D eigenvalue weighted by Crippen LogP contribution is -2.37. The minimum atomic E-state index is -0.411. The molecule has 0 aliphatic rings. The predicted molar refractivity (Wildman–Crippen MR) is 101 cm³/mol. The van der Waals surface area contributed by atoms with Gasteiger partial charge in [0.25, 0.3) is 5.56 Å². The fraction of sp³-hybridized carbons (Fsp3) is 0.333. The highest BCUT2D eigenvalue weighted by molar-refractivity contribution is 5.90. The molecule has 0 aliphatic heterocycles. The molecule has 2 heterocycles. The van der Waals surface area contributed by atoms with Crippen molar-refractivity contribution in [2.75, 3.05) is 19.0 Å². The van der Waals surface area contributed by atoms with Crippen LogP contribution < -0.4 is 16.6 Å². The van der Waals surface area contributed by atoms with Gasteiger partial charge in [0.15, 0.2) is 11.2 Å². The number of nitrogens with zero attached hydrogens (tertiary/aromatic N) is 4. The molecule has 9 heteroatoms. The Morgan fingerprint density at radius 2 is 1.96 bits per heavy atom. The smallest absolute Gasteiger partial charge is 0.337 e. The maximum absolute atomic E-state index is 12.4. The number of aromatic nitrogens is 4. The van der Waals surface area contributed by atoms with E-state index < -0.39 is 11.7 Å². The first-order valence-corrected chi connectivity index (χ1v) is 8.39. The van der Waals surface area contributed by atoms with Crippen molar-refractivity contribution in [3.8, 4) is 0 Å². The van der Waals surface area contributed by atoms with Crippen molar-refractivity contribution in [1.82, 2.24) is 18.7 Å². The molecule has 3 aromatic rings. The molecule has 9 nitrogen and oxygen atoms in total. The fourth-order valence-electron chi connectivity index (χ4n) is 2.93. The van der Waals surface area contributed by atoms with E-state index in [9.17, 15) is 14.4 Å². The van der Waals surface area contributed by atoms with E-state index in [2.05, 4.69) is 10.3 Å². The zero-order chi connectivity index (χ0) is 19.7. The first-order chi connectivity index (χ1) is 12.8. The minimum Gasteiger partial charge on any atom is -0.465 e. The number of hydrogen-bond donors (Lipinski definition) is 1. The van der Waals surface area contributed by atoms with Crippen molar-refractivity contribution < 1.29 is 9.53 Å². The highest BCUT2D eigenvalue weighted by atomic mass is 16.5. The normalized spacial score (nSPS) is 11.0. The van der Waals surface area contributed by atoms with Gasteiger partial charge in [0, 0.05) is 32.9 Å². The lowest BCUT2D eigenvalue weighted by molar-refractivity contribution is 0.0601. The van der Waals surface area contributed by atoms with Crippen LogP contribution in [0.1, 0.15) is 15.9 Å². The van der Waals surface area contributed by atoms with Gasteiger partial charge >= 0.3 is 11.7 Å². The van der Waals surface area contributed by atoms with Crippen molar-refractivity contribution >= 4 is 22.8 Å². The molecule has 0 saturated carbocycles. The van der Waals surface area contributed by atoms with Gasteiger partial charge in [-0.25, -0.2) is 14.6 Å². The molecule has 142 valence electrons. The average molecular weight is 371 g/mol. The third kappa shape index (κ3) is 3.23. The number of methoxy groups -OCH3 is 1. The van der Waals surface area contributed by atoms with Gasteiger partial charge in [-0.15, -0.1) is 0 Å². The Kier molecular flexibility index (Phi) is 4.85. The lowest BCUT2D eigenvalue weighted by atomic mass is 10.1. The van der Waals surface area contributed by atoms with Crippen LogP contribution in [0.25, 0.3) is 11.2 Å². The van der Waals surface area contributed by atoms with Crippen LogP contribution in [0.4, 0.5) is 5.69 Å². The number of nitrogens with one attached hydrogen (secondary N) is 1. The molecule has 0 fully saturated rings. The number of anilines is 1. The van der Waals surface area contributed by atoms with Gasteiger partial charge in [-0.2, -0.15) is 0 Å². The topological polar surface area (TPSA) is 100 Å². The van der Waals surface area contributed by atoms with E-state index in [-0.39, 0.29) is 5.56 Å². The Morgan fingerprint density at radius 3 is 2.67 bits per heavy atom. The number of fused-ring (bicyclic) bond motifs is 1. The quantitative estimate of drug-likeness (QED) is 0.661. The van der Waals surface area contributed by atoms with E-state index in [4.69, 9.17) is 4.74 Å². The molecule has 0 amide bonds. The van der Waals surface area contributed by atoms with Crippen molar-refractivity contribution in [1.29, 1.82) is 0 Å². The maximum Gasteiger partial charge on any atom is 0.337 e. The van der Waals surface area contributed by atoms with Crippen LogP contribution in [0.3, 0.4) is 0 Å². The van der Waals surface area contributed by atoms with Gasteiger partial charge in [0.05, 0.1) is 19.0 Å². The summed E-state index contributed by atoms with van der Waals surface area (Å²) in [7, 11) is 4.37. The van der Waals surface area contributed by atoms with Gasteiger partial charge in [-0.05, 0) is 24.6 Å². The Hall–Kier alpha value is -3.36. The molecule has 2 aromatic heterocycles. The van der Waals surface area contributed by atoms with Crippen LogP contribution in [-0.4, -0.2) is 38.3 Å². The summed E-state index contributed by atoms with van der Waals surface area (Å²) in [5, 5.41) is 3.26. The second-order valence-electron chi connectivity index (χ2n) is 6.26. The summed E-state index contributed by atoms with van der Waals surface area (Å²) < 4.78 is 8.88. The predicted octanol–water partition coefficient (Wildman–Crippen LogP) is 0.641. The monoisotopic (exact) mass is 371 g/mol. The lowest BCUT2D eigenvalue weighted by Gasteiger charge is -2.12. The van der Waals surface area contributed by atoms with E-state index in [1.54, 1.807) is 30.1 Å². The van der Waals surface area contributed by atoms with E-state index in [1.165, 1.54) is 18.7 Å². The summed E-state index contributed by atoms with van der Waals surface area (Å²) in [5.41, 5.74) is 2.19. The Balaban J connectivity index is 1.84. The Morgan fingerprint density at radius 1 is 1.22 bits per heavy atom. The molecule has 1 N–H and O–H groups in total. The van der Waals surface area contributed by atoms with Gasteiger partial charge in [0.2, 0.25) is 0 Å². The molecule has 1 aromatic carbocycles. The third-order valence-corrected chi connectivity index (χ3v) is 4.54. The highest BCUT2D eigenvalue weighted by Crippen LogP contribution is 2.17. The standard InChI is InChI=1S/C18H21N5O4/c1-11-5-6-12(17(25)27-4)9-13(11)19-7-8-23-10-20-15-14(23)16(24)22(3)18(26)21(15)2/h5-6,9-10,19H,7-8H2,1-4H3. The summed E-state index contributed by atoms with van der Waals surface area (Å²) in [6.07, 6.45) is 1.55. The fourth-order valence-corrected chi connectivity index (χ4v) is 2.93. The molecule has 0 saturated heterocycles. The largest absolute Gasteiger partial charge is 0.465 e. The van der Waals surface area contributed by atoms with E-state index >= 15 is 0 Å². The van der Waals surface area contributed by atoms with Crippen LogP contribution in [0, 0.1) is 6.92 Å². The van der Waals surface area contributed by atoms with Crippen LogP contribution >= 0.6 is 0 Å². The number of rotatable bonds is 5. The van der Waals surface area contributed by atoms with Gasteiger partial charge in [-0.1, -0.05) is 6.07 Å². The number of aryl methyl sites for hydroxylation is 2. The van der Waals surface area contributed by atoms with Crippen LogP contribution in [0.15, 0.2) is 34.1 Å². The molecule has 0 spiro atoms. The number of hydrogen-bond acceptors (Lipinski definition) is 6. The SMILES string of the molecule is COC(=O)c1ccc(C)c(NCCn2cnc3c2c(=O)n(C)c(=O)n3C)c1. The molecule has 27 heavy (non-hydrogen) atoms. The molecule has 0 radical (unpaired) electrons. The summed E-state index contributed by atoms with van der Waals surface area (Å²) in [6, 6.07) is 5.28. The van der Waals surface area contributed by atoms with Crippen LogP contribution in [-0.2, 0) is 25.4 Å². The molecule has 0 unspecified atom stereocenters.